The van der Waals surface area contributed by atoms with E-state index >= 15 is 0 Å². The average molecular weight is 397 g/mol. The first-order chi connectivity index (χ1) is 12.6. The largest absolute Gasteiger partial charge is 0.346 e. The molecule has 8 nitrogen and oxygen atoms in total. The second-order valence-corrected chi connectivity index (χ2v) is 7.17. The minimum atomic E-state index is -0.996. The molecule has 0 saturated carbocycles. The van der Waals surface area contributed by atoms with Crippen molar-refractivity contribution >= 4 is 35.2 Å². The number of carbonyl (C=O) groups is 4. The number of hydrogen-bond acceptors (Lipinski definition) is 4. The molecule has 0 aromatic heterocycles. The fourth-order valence-corrected chi connectivity index (χ4v) is 2.26. The summed E-state index contributed by atoms with van der Waals surface area (Å²) >= 11 is 5.80. The zero-order valence-corrected chi connectivity index (χ0v) is 16.5. The van der Waals surface area contributed by atoms with Crippen LogP contribution in [0.1, 0.15) is 44.5 Å². The zero-order valence-electron chi connectivity index (χ0n) is 15.8. The maximum absolute atomic E-state index is 12.4. The number of halogens is 1. The number of amides is 4. The number of benzene rings is 1. The molecular weight excluding hydrogens is 372 g/mol. The Kier molecular flexibility index (Phi) is 8.74. The van der Waals surface area contributed by atoms with Gasteiger partial charge in [0, 0.05) is 16.6 Å². The molecule has 4 amide bonds. The van der Waals surface area contributed by atoms with Crippen molar-refractivity contribution < 1.29 is 19.2 Å². The van der Waals surface area contributed by atoms with Crippen LogP contribution in [0.25, 0.3) is 0 Å². The van der Waals surface area contributed by atoms with Crippen LogP contribution in [0.3, 0.4) is 0 Å². The van der Waals surface area contributed by atoms with E-state index in [1.165, 1.54) is 0 Å². The summed E-state index contributed by atoms with van der Waals surface area (Å²) in [5.41, 5.74) is 4.56. The van der Waals surface area contributed by atoms with E-state index in [2.05, 4.69) is 16.1 Å². The van der Waals surface area contributed by atoms with Crippen LogP contribution in [0, 0.1) is 5.92 Å². The van der Waals surface area contributed by atoms with Crippen LogP contribution in [0.2, 0.25) is 5.02 Å². The Morgan fingerprint density at radius 1 is 0.889 bits per heavy atom. The minimum absolute atomic E-state index is 0.103. The third-order valence-electron chi connectivity index (χ3n) is 3.36. The second-order valence-electron chi connectivity index (χ2n) is 6.73. The van der Waals surface area contributed by atoms with Crippen LogP contribution in [-0.4, -0.2) is 35.7 Å². The van der Waals surface area contributed by atoms with Gasteiger partial charge in [-0.25, -0.2) is 0 Å². The lowest BCUT2D eigenvalue weighted by Crippen LogP contribution is -2.55. The molecule has 1 atom stereocenters. The highest BCUT2D eigenvalue weighted by atomic mass is 35.5. The van der Waals surface area contributed by atoms with Gasteiger partial charge in [0.15, 0.2) is 0 Å². The standard InChI is InChI=1S/C18H25ClN4O4/c1-10(2)9-14(21-15(24)12-5-7-13(19)8-6-12)16(25)22-23-18(27)17(26)20-11(3)4/h5-8,10-11,14H,9H2,1-4H3,(H,20,26)(H,21,24)(H,22,25)(H,23,27)/t14-/m0/s1. The van der Waals surface area contributed by atoms with E-state index in [0.717, 1.165) is 0 Å². The molecule has 0 aliphatic heterocycles. The molecule has 0 radical (unpaired) electrons. The van der Waals surface area contributed by atoms with Crippen molar-refractivity contribution in [2.24, 2.45) is 5.92 Å². The van der Waals surface area contributed by atoms with Gasteiger partial charge >= 0.3 is 11.8 Å². The first-order valence-electron chi connectivity index (χ1n) is 8.57. The lowest BCUT2D eigenvalue weighted by atomic mass is 10.0. The highest BCUT2D eigenvalue weighted by Crippen LogP contribution is 2.11. The van der Waals surface area contributed by atoms with Gasteiger partial charge in [-0.3, -0.25) is 30.0 Å². The molecular formula is C18H25ClN4O4. The van der Waals surface area contributed by atoms with Crippen molar-refractivity contribution in [2.75, 3.05) is 0 Å². The van der Waals surface area contributed by atoms with Crippen LogP contribution in [0.5, 0.6) is 0 Å². The molecule has 148 valence electrons. The van der Waals surface area contributed by atoms with Gasteiger partial charge in [-0.05, 0) is 50.5 Å². The summed E-state index contributed by atoms with van der Waals surface area (Å²) in [5, 5.41) is 5.52. The van der Waals surface area contributed by atoms with Crippen LogP contribution in [-0.2, 0) is 14.4 Å². The Hall–Kier alpha value is -2.61. The molecule has 0 spiro atoms. The molecule has 0 aliphatic rings. The van der Waals surface area contributed by atoms with Crippen LogP contribution in [0.4, 0.5) is 0 Å². The molecule has 0 heterocycles. The van der Waals surface area contributed by atoms with Crippen LogP contribution < -0.4 is 21.5 Å². The predicted molar refractivity (Wildman–Crippen MR) is 102 cm³/mol. The molecule has 0 unspecified atom stereocenters. The third kappa shape index (κ3) is 8.08. The molecule has 4 N–H and O–H groups in total. The number of carbonyl (C=O) groups excluding carboxylic acids is 4. The molecule has 27 heavy (non-hydrogen) atoms. The van der Waals surface area contributed by atoms with E-state index in [0.29, 0.717) is 17.0 Å². The van der Waals surface area contributed by atoms with Gasteiger partial charge in [0.1, 0.15) is 6.04 Å². The maximum atomic E-state index is 12.4. The Labute approximate surface area is 163 Å². The van der Waals surface area contributed by atoms with Gasteiger partial charge in [0.2, 0.25) is 0 Å². The van der Waals surface area contributed by atoms with Crippen molar-refractivity contribution in [3.05, 3.63) is 34.9 Å². The molecule has 0 aliphatic carbocycles. The lowest BCUT2D eigenvalue weighted by Gasteiger charge is -2.20. The molecule has 1 rings (SSSR count). The number of hydrogen-bond donors (Lipinski definition) is 4. The Bertz CT molecular complexity index is 689. The smallest absolute Gasteiger partial charge is 0.327 e. The molecule has 1 aromatic rings. The molecule has 9 heteroatoms. The van der Waals surface area contributed by atoms with E-state index in [-0.39, 0.29) is 12.0 Å². The van der Waals surface area contributed by atoms with Gasteiger partial charge in [-0.1, -0.05) is 25.4 Å². The summed E-state index contributed by atoms with van der Waals surface area (Å²) in [6.45, 7) is 7.19. The summed E-state index contributed by atoms with van der Waals surface area (Å²) in [5.74, 6) is -2.83. The van der Waals surface area contributed by atoms with E-state index in [1.807, 2.05) is 19.3 Å². The first kappa shape index (κ1) is 22.4. The predicted octanol–water partition coefficient (Wildman–Crippen LogP) is 1.16. The van der Waals surface area contributed by atoms with Gasteiger partial charge < -0.3 is 10.6 Å². The SMILES string of the molecule is CC(C)C[C@H](NC(=O)c1ccc(Cl)cc1)C(=O)NNC(=O)C(=O)NC(C)C. The molecule has 0 fully saturated rings. The van der Waals surface area contributed by atoms with Crippen LogP contribution in [0.15, 0.2) is 24.3 Å². The monoisotopic (exact) mass is 396 g/mol. The summed E-state index contributed by atoms with van der Waals surface area (Å²) in [4.78, 5) is 47.9. The van der Waals surface area contributed by atoms with E-state index in [4.69, 9.17) is 11.6 Å². The van der Waals surface area contributed by atoms with Crippen molar-refractivity contribution in [1.29, 1.82) is 0 Å². The van der Waals surface area contributed by atoms with Crippen molar-refractivity contribution in [1.82, 2.24) is 21.5 Å². The fraction of sp³-hybridized carbons (Fsp3) is 0.444. The van der Waals surface area contributed by atoms with Crippen molar-refractivity contribution in [3.63, 3.8) is 0 Å². The topological polar surface area (TPSA) is 116 Å². The van der Waals surface area contributed by atoms with E-state index in [1.54, 1.807) is 38.1 Å². The quantitative estimate of drug-likeness (QED) is 0.426. The number of rotatable bonds is 6. The Morgan fingerprint density at radius 2 is 1.48 bits per heavy atom. The normalized spacial score (nSPS) is 11.7. The second kappa shape index (κ2) is 10.5. The van der Waals surface area contributed by atoms with Gasteiger partial charge in [0.05, 0.1) is 0 Å². The molecule has 0 bridgehead atoms. The zero-order chi connectivity index (χ0) is 20.6. The van der Waals surface area contributed by atoms with E-state index in [9.17, 15) is 19.2 Å². The molecule has 1 aromatic carbocycles. The number of nitrogens with one attached hydrogen (secondary N) is 4. The lowest BCUT2D eigenvalue weighted by molar-refractivity contribution is -0.141. The summed E-state index contributed by atoms with van der Waals surface area (Å²) < 4.78 is 0. The third-order valence-corrected chi connectivity index (χ3v) is 3.61. The average Bonchev–Trinajstić information content (AvgIpc) is 2.58. The molecule has 0 saturated heterocycles. The summed E-state index contributed by atoms with van der Waals surface area (Å²) in [7, 11) is 0. The Balaban J connectivity index is 2.70. The minimum Gasteiger partial charge on any atom is -0.346 e. The first-order valence-corrected chi connectivity index (χ1v) is 8.95. The van der Waals surface area contributed by atoms with Gasteiger partial charge in [-0.15, -0.1) is 0 Å². The highest BCUT2D eigenvalue weighted by molar-refractivity contribution is 6.35. The van der Waals surface area contributed by atoms with Crippen LogP contribution >= 0.6 is 11.6 Å². The van der Waals surface area contributed by atoms with Crippen molar-refractivity contribution in [2.45, 2.75) is 46.2 Å². The van der Waals surface area contributed by atoms with Gasteiger partial charge in [0.25, 0.3) is 11.8 Å². The van der Waals surface area contributed by atoms with E-state index < -0.39 is 29.7 Å². The number of hydrazine groups is 1. The Morgan fingerprint density at radius 3 is 2.00 bits per heavy atom. The van der Waals surface area contributed by atoms with Crippen molar-refractivity contribution in [3.8, 4) is 0 Å². The highest BCUT2D eigenvalue weighted by Gasteiger charge is 2.24. The summed E-state index contributed by atoms with van der Waals surface area (Å²) in [6, 6.07) is 5.12. The van der Waals surface area contributed by atoms with Gasteiger partial charge in [-0.2, -0.15) is 0 Å². The summed E-state index contributed by atoms with van der Waals surface area (Å²) in [6.07, 6.45) is 0.346. The fourth-order valence-electron chi connectivity index (χ4n) is 2.14. The maximum Gasteiger partial charge on any atom is 0.327 e.